The van der Waals surface area contributed by atoms with E-state index in [0.29, 0.717) is 11.1 Å². The van der Waals surface area contributed by atoms with E-state index < -0.39 is 0 Å². The Morgan fingerprint density at radius 2 is 2.28 bits per heavy atom. The molecule has 0 atom stereocenters. The second-order valence-electron chi connectivity index (χ2n) is 4.32. The molecule has 1 aromatic rings. The lowest BCUT2D eigenvalue weighted by molar-refractivity contribution is 0.0765. The standard InChI is InChI=1S/C13H21N3OS/c1-10(2)17-9-4-3-7-15-13-11(12(14)18)6-5-8-16-13/h5-6,8,10H,3-4,7,9H2,1-2H3,(H2,14,18)(H,15,16). The number of unbranched alkanes of at least 4 members (excludes halogenated alkanes) is 1. The Morgan fingerprint density at radius 3 is 2.94 bits per heavy atom. The average Bonchev–Trinajstić information content (AvgIpc) is 2.33. The molecule has 0 bridgehead atoms. The molecule has 3 N–H and O–H groups in total. The van der Waals surface area contributed by atoms with Crippen LogP contribution < -0.4 is 11.1 Å². The van der Waals surface area contributed by atoms with Gasteiger partial charge < -0.3 is 15.8 Å². The van der Waals surface area contributed by atoms with Crippen molar-refractivity contribution in [1.29, 1.82) is 0 Å². The Kier molecular flexibility index (Phi) is 6.60. The predicted molar refractivity (Wildman–Crippen MR) is 78.9 cm³/mol. The fraction of sp³-hybridized carbons (Fsp3) is 0.538. The smallest absolute Gasteiger partial charge is 0.136 e. The van der Waals surface area contributed by atoms with Gasteiger partial charge in [-0.3, -0.25) is 0 Å². The van der Waals surface area contributed by atoms with Gasteiger partial charge in [0.25, 0.3) is 0 Å². The average molecular weight is 267 g/mol. The molecular weight excluding hydrogens is 246 g/mol. The molecule has 0 radical (unpaired) electrons. The number of pyridine rings is 1. The van der Waals surface area contributed by atoms with Gasteiger partial charge >= 0.3 is 0 Å². The Labute approximate surface area is 114 Å². The van der Waals surface area contributed by atoms with Gasteiger partial charge in [0, 0.05) is 19.3 Å². The van der Waals surface area contributed by atoms with Crippen molar-refractivity contribution in [2.24, 2.45) is 5.73 Å². The number of ether oxygens (including phenoxy) is 1. The summed E-state index contributed by atoms with van der Waals surface area (Å²) in [7, 11) is 0. The fourth-order valence-corrected chi connectivity index (χ4v) is 1.66. The summed E-state index contributed by atoms with van der Waals surface area (Å²) in [6, 6.07) is 3.70. The minimum atomic E-state index is 0.301. The van der Waals surface area contributed by atoms with E-state index in [4.69, 9.17) is 22.7 Å². The normalized spacial score (nSPS) is 10.6. The molecule has 18 heavy (non-hydrogen) atoms. The first-order chi connectivity index (χ1) is 8.61. The summed E-state index contributed by atoms with van der Waals surface area (Å²) in [6.07, 6.45) is 4.09. The van der Waals surface area contributed by atoms with Crippen molar-refractivity contribution in [3.63, 3.8) is 0 Å². The summed E-state index contributed by atoms with van der Waals surface area (Å²) < 4.78 is 5.47. The first-order valence-electron chi connectivity index (χ1n) is 6.21. The van der Waals surface area contributed by atoms with Gasteiger partial charge in [0.15, 0.2) is 0 Å². The van der Waals surface area contributed by atoms with Gasteiger partial charge in [-0.15, -0.1) is 0 Å². The Hall–Kier alpha value is -1.20. The number of rotatable bonds is 8. The molecule has 0 aliphatic rings. The third-order valence-corrected chi connectivity index (χ3v) is 2.61. The second kappa shape index (κ2) is 8.00. The molecule has 0 aromatic carbocycles. The molecule has 0 saturated carbocycles. The molecule has 1 aromatic heterocycles. The van der Waals surface area contributed by atoms with Gasteiger partial charge in [-0.25, -0.2) is 4.98 Å². The van der Waals surface area contributed by atoms with Crippen LogP contribution in [0.1, 0.15) is 32.3 Å². The van der Waals surface area contributed by atoms with E-state index in [1.54, 1.807) is 6.20 Å². The number of anilines is 1. The van der Waals surface area contributed by atoms with E-state index in [2.05, 4.69) is 10.3 Å². The number of thiocarbonyl (C=S) groups is 1. The maximum absolute atomic E-state index is 5.63. The van der Waals surface area contributed by atoms with E-state index in [9.17, 15) is 0 Å². The van der Waals surface area contributed by atoms with Crippen LogP contribution in [-0.4, -0.2) is 29.2 Å². The molecule has 0 unspecified atom stereocenters. The van der Waals surface area contributed by atoms with E-state index in [0.717, 1.165) is 37.4 Å². The van der Waals surface area contributed by atoms with Crippen molar-refractivity contribution >= 4 is 23.0 Å². The van der Waals surface area contributed by atoms with E-state index in [-0.39, 0.29) is 0 Å². The maximum atomic E-state index is 5.63. The monoisotopic (exact) mass is 267 g/mol. The molecule has 100 valence electrons. The molecule has 1 heterocycles. The number of hydrogen-bond acceptors (Lipinski definition) is 4. The summed E-state index contributed by atoms with van der Waals surface area (Å²) in [5, 5.41) is 3.25. The Balaban J connectivity index is 2.29. The predicted octanol–water partition coefficient (Wildman–Crippen LogP) is 2.33. The van der Waals surface area contributed by atoms with Crippen LogP contribution in [0.4, 0.5) is 5.82 Å². The van der Waals surface area contributed by atoms with Gasteiger partial charge in [0.05, 0.1) is 11.7 Å². The fourth-order valence-electron chi connectivity index (χ4n) is 1.50. The zero-order valence-corrected chi connectivity index (χ0v) is 11.8. The molecule has 0 aliphatic carbocycles. The van der Waals surface area contributed by atoms with Gasteiger partial charge in [-0.2, -0.15) is 0 Å². The second-order valence-corrected chi connectivity index (χ2v) is 4.76. The highest BCUT2D eigenvalue weighted by Gasteiger charge is 2.04. The van der Waals surface area contributed by atoms with Crippen molar-refractivity contribution in [3.05, 3.63) is 23.9 Å². The van der Waals surface area contributed by atoms with Crippen molar-refractivity contribution < 1.29 is 4.74 Å². The summed E-state index contributed by atoms with van der Waals surface area (Å²) in [5.41, 5.74) is 6.43. The van der Waals surface area contributed by atoms with E-state index >= 15 is 0 Å². The van der Waals surface area contributed by atoms with Gasteiger partial charge in [-0.1, -0.05) is 12.2 Å². The molecule has 4 nitrogen and oxygen atoms in total. The van der Waals surface area contributed by atoms with Crippen LogP contribution in [-0.2, 0) is 4.74 Å². The molecule has 5 heteroatoms. The Morgan fingerprint density at radius 1 is 1.50 bits per heavy atom. The molecule has 0 amide bonds. The number of aromatic nitrogens is 1. The van der Waals surface area contributed by atoms with Gasteiger partial charge in [-0.05, 0) is 38.8 Å². The molecule has 0 aliphatic heterocycles. The lowest BCUT2D eigenvalue weighted by Crippen LogP contribution is -2.15. The summed E-state index contributed by atoms with van der Waals surface area (Å²) in [4.78, 5) is 4.61. The van der Waals surface area contributed by atoms with Crippen LogP contribution >= 0.6 is 12.2 Å². The van der Waals surface area contributed by atoms with Crippen LogP contribution in [0, 0.1) is 0 Å². The topological polar surface area (TPSA) is 60.2 Å². The van der Waals surface area contributed by atoms with Gasteiger partial charge in [0.1, 0.15) is 10.8 Å². The highest BCUT2D eigenvalue weighted by molar-refractivity contribution is 7.80. The number of nitrogens with zero attached hydrogens (tertiary/aromatic N) is 1. The third kappa shape index (κ3) is 5.42. The maximum Gasteiger partial charge on any atom is 0.136 e. The van der Waals surface area contributed by atoms with E-state index in [1.165, 1.54) is 0 Å². The lowest BCUT2D eigenvalue weighted by Gasteiger charge is -2.10. The summed E-state index contributed by atoms with van der Waals surface area (Å²) >= 11 is 4.98. The van der Waals surface area contributed by atoms with Crippen molar-refractivity contribution in [2.45, 2.75) is 32.8 Å². The van der Waals surface area contributed by atoms with Crippen LogP contribution in [0.2, 0.25) is 0 Å². The van der Waals surface area contributed by atoms with Crippen molar-refractivity contribution in [1.82, 2.24) is 4.98 Å². The third-order valence-electron chi connectivity index (χ3n) is 2.39. The molecule has 1 rings (SSSR count). The van der Waals surface area contributed by atoms with Crippen molar-refractivity contribution in [2.75, 3.05) is 18.5 Å². The SMILES string of the molecule is CC(C)OCCCCNc1ncccc1C(N)=S. The first kappa shape index (κ1) is 14.9. The molecular formula is C13H21N3OS. The highest BCUT2D eigenvalue weighted by Crippen LogP contribution is 2.11. The Bertz CT molecular complexity index is 382. The highest BCUT2D eigenvalue weighted by atomic mass is 32.1. The minimum absolute atomic E-state index is 0.301. The molecule has 0 fully saturated rings. The largest absolute Gasteiger partial charge is 0.389 e. The van der Waals surface area contributed by atoms with Crippen LogP contribution in [0.15, 0.2) is 18.3 Å². The van der Waals surface area contributed by atoms with Crippen LogP contribution in [0.5, 0.6) is 0 Å². The lowest BCUT2D eigenvalue weighted by atomic mass is 10.2. The van der Waals surface area contributed by atoms with Crippen LogP contribution in [0.25, 0.3) is 0 Å². The van der Waals surface area contributed by atoms with E-state index in [1.807, 2.05) is 26.0 Å². The number of nitrogens with two attached hydrogens (primary N) is 1. The quantitative estimate of drug-likeness (QED) is 0.559. The van der Waals surface area contributed by atoms with Crippen molar-refractivity contribution in [3.8, 4) is 0 Å². The zero-order valence-electron chi connectivity index (χ0n) is 11.0. The van der Waals surface area contributed by atoms with Crippen LogP contribution in [0.3, 0.4) is 0 Å². The number of nitrogens with one attached hydrogen (secondary N) is 1. The summed E-state index contributed by atoms with van der Waals surface area (Å²) in [5.74, 6) is 0.759. The van der Waals surface area contributed by atoms with Gasteiger partial charge in [0.2, 0.25) is 0 Å². The zero-order chi connectivity index (χ0) is 13.4. The first-order valence-corrected chi connectivity index (χ1v) is 6.62. The molecule has 0 saturated heterocycles. The minimum Gasteiger partial charge on any atom is -0.389 e. The summed E-state index contributed by atoms with van der Waals surface area (Å²) in [6.45, 7) is 5.72. The number of hydrogen-bond donors (Lipinski definition) is 2. The molecule has 0 spiro atoms.